The molecule has 3 rings (SSSR count). The summed E-state index contributed by atoms with van der Waals surface area (Å²) in [5, 5.41) is 6.99. The van der Waals surface area contributed by atoms with Crippen LogP contribution in [0.5, 0.6) is 0 Å². The lowest BCUT2D eigenvalue weighted by Crippen LogP contribution is -2.48. The molecular formula is C14H17NOS. The minimum atomic E-state index is 0.253. The van der Waals surface area contributed by atoms with Crippen molar-refractivity contribution in [2.24, 2.45) is 0 Å². The van der Waals surface area contributed by atoms with E-state index in [1.165, 1.54) is 15.6 Å². The summed E-state index contributed by atoms with van der Waals surface area (Å²) in [7, 11) is 2.01. The van der Waals surface area contributed by atoms with E-state index in [0.29, 0.717) is 0 Å². The summed E-state index contributed by atoms with van der Waals surface area (Å²) >= 11 is 1.85. The SMILES string of the molecule is CNCCC1(c2csc3ccccc23)COC1. The van der Waals surface area contributed by atoms with Crippen molar-refractivity contribution in [2.75, 3.05) is 26.8 Å². The Morgan fingerprint density at radius 1 is 1.35 bits per heavy atom. The third-order valence-electron chi connectivity index (χ3n) is 3.66. The van der Waals surface area contributed by atoms with Crippen LogP contribution in [0.3, 0.4) is 0 Å². The van der Waals surface area contributed by atoms with E-state index in [1.807, 2.05) is 18.4 Å². The first kappa shape index (κ1) is 11.2. The van der Waals surface area contributed by atoms with Gasteiger partial charge in [0.1, 0.15) is 0 Å². The number of nitrogens with one attached hydrogen (secondary N) is 1. The standard InChI is InChI=1S/C14H17NOS/c1-15-7-6-14(9-16-10-14)12-8-17-13-5-3-2-4-11(12)13/h2-5,8,15H,6-7,9-10H2,1H3. The van der Waals surface area contributed by atoms with Gasteiger partial charge in [-0.15, -0.1) is 11.3 Å². The highest BCUT2D eigenvalue weighted by atomic mass is 32.1. The van der Waals surface area contributed by atoms with E-state index in [9.17, 15) is 0 Å². The van der Waals surface area contributed by atoms with Gasteiger partial charge >= 0.3 is 0 Å². The zero-order valence-electron chi connectivity index (χ0n) is 10.0. The maximum Gasteiger partial charge on any atom is 0.0586 e. The molecular weight excluding hydrogens is 230 g/mol. The van der Waals surface area contributed by atoms with Gasteiger partial charge in [-0.25, -0.2) is 0 Å². The molecule has 0 radical (unpaired) electrons. The quantitative estimate of drug-likeness (QED) is 0.897. The molecule has 1 fully saturated rings. The largest absolute Gasteiger partial charge is 0.379 e. The lowest BCUT2D eigenvalue weighted by molar-refractivity contribution is -0.0629. The van der Waals surface area contributed by atoms with Gasteiger partial charge in [-0.3, -0.25) is 0 Å². The van der Waals surface area contributed by atoms with Gasteiger partial charge in [-0.1, -0.05) is 18.2 Å². The second kappa shape index (κ2) is 4.41. The zero-order valence-corrected chi connectivity index (χ0v) is 10.8. The second-order valence-corrected chi connectivity index (χ2v) is 5.68. The fourth-order valence-electron chi connectivity index (χ4n) is 2.54. The minimum absolute atomic E-state index is 0.253. The van der Waals surface area contributed by atoms with E-state index in [4.69, 9.17) is 4.74 Å². The summed E-state index contributed by atoms with van der Waals surface area (Å²) in [6.45, 7) is 2.79. The average molecular weight is 247 g/mol. The molecule has 2 aromatic rings. The molecule has 0 bridgehead atoms. The summed E-state index contributed by atoms with van der Waals surface area (Å²) in [5.41, 5.74) is 1.74. The molecule has 0 unspecified atom stereocenters. The van der Waals surface area contributed by atoms with E-state index in [0.717, 1.165) is 26.2 Å². The van der Waals surface area contributed by atoms with Gasteiger partial charge < -0.3 is 10.1 Å². The number of hydrogen-bond donors (Lipinski definition) is 1. The molecule has 1 aromatic heterocycles. The molecule has 2 heterocycles. The lowest BCUT2D eigenvalue weighted by atomic mass is 9.76. The molecule has 90 valence electrons. The second-order valence-electron chi connectivity index (χ2n) is 4.77. The molecule has 1 aliphatic heterocycles. The van der Waals surface area contributed by atoms with Crippen LogP contribution in [-0.2, 0) is 10.2 Å². The maximum absolute atomic E-state index is 5.48. The molecule has 3 heteroatoms. The van der Waals surface area contributed by atoms with Gasteiger partial charge in [0.2, 0.25) is 0 Å². The molecule has 0 amide bonds. The number of thiophene rings is 1. The molecule has 0 aliphatic carbocycles. The third-order valence-corrected chi connectivity index (χ3v) is 4.63. The Balaban J connectivity index is 2.01. The van der Waals surface area contributed by atoms with E-state index < -0.39 is 0 Å². The van der Waals surface area contributed by atoms with Crippen molar-refractivity contribution in [1.29, 1.82) is 0 Å². The Morgan fingerprint density at radius 3 is 2.88 bits per heavy atom. The van der Waals surface area contributed by atoms with Crippen molar-refractivity contribution in [1.82, 2.24) is 5.32 Å². The number of rotatable bonds is 4. The van der Waals surface area contributed by atoms with Crippen molar-refractivity contribution in [3.8, 4) is 0 Å². The van der Waals surface area contributed by atoms with E-state index in [1.54, 1.807) is 0 Å². The minimum Gasteiger partial charge on any atom is -0.379 e. The number of hydrogen-bond acceptors (Lipinski definition) is 3. The summed E-state index contributed by atoms with van der Waals surface area (Å²) in [4.78, 5) is 0. The van der Waals surface area contributed by atoms with Gasteiger partial charge in [0.05, 0.1) is 13.2 Å². The van der Waals surface area contributed by atoms with E-state index in [2.05, 4.69) is 35.0 Å². The lowest BCUT2D eigenvalue weighted by Gasteiger charge is -2.41. The Hall–Kier alpha value is -0.900. The highest BCUT2D eigenvalue weighted by Crippen LogP contribution is 2.41. The van der Waals surface area contributed by atoms with E-state index in [-0.39, 0.29) is 5.41 Å². The number of fused-ring (bicyclic) bond motifs is 1. The van der Waals surface area contributed by atoms with Crippen LogP contribution in [0, 0.1) is 0 Å². The van der Waals surface area contributed by atoms with Crippen LogP contribution in [0.25, 0.3) is 10.1 Å². The highest BCUT2D eigenvalue weighted by molar-refractivity contribution is 7.17. The Morgan fingerprint density at radius 2 is 2.18 bits per heavy atom. The number of ether oxygens (including phenoxy) is 1. The third kappa shape index (κ3) is 1.79. The highest BCUT2D eigenvalue weighted by Gasteiger charge is 2.41. The Kier molecular flexibility index (Phi) is 2.90. The molecule has 2 nitrogen and oxygen atoms in total. The van der Waals surface area contributed by atoms with E-state index >= 15 is 0 Å². The van der Waals surface area contributed by atoms with Crippen LogP contribution in [-0.4, -0.2) is 26.8 Å². The average Bonchev–Trinajstić information content (AvgIpc) is 2.73. The maximum atomic E-state index is 5.48. The summed E-state index contributed by atoms with van der Waals surface area (Å²) in [5.74, 6) is 0. The molecule has 0 saturated carbocycles. The summed E-state index contributed by atoms with van der Waals surface area (Å²) in [6.07, 6.45) is 1.16. The first-order valence-corrected chi connectivity index (χ1v) is 6.93. The normalized spacial score (nSPS) is 18.2. The van der Waals surface area contributed by atoms with Gasteiger partial charge in [0.25, 0.3) is 0 Å². The molecule has 0 spiro atoms. The van der Waals surface area contributed by atoms with Gasteiger partial charge in [-0.05, 0) is 42.4 Å². The number of benzene rings is 1. The van der Waals surface area contributed by atoms with Gasteiger partial charge in [0.15, 0.2) is 0 Å². The van der Waals surface area contributed by atoms with Crippen LogP contribution in [0.15, 0.2) is 29.6 Å². The Bertz CT molecular complexity index is 516. The first-order chi connectivity index (χ1) is 8.36. The molecule has 17 heavy (non-hydrogen) atoms. The van der Waals surface area contributed by atoms with Crippen LogP contribution in [0.2, 0.25) is 0 Å². The van der Waals surface area contributed by atoms with Crippen LogP contribution in [0.4, 0.5) is 0 Å². The van der Waals surface area contributed by atoms with Gasteiger partial charge in [-0.2, -0.15) is 0 Å². The molecule has 1 aromatic carbocycles. The predicted octanol–water partition coefficient (Wildman–Crippen LogP) is 2.78. The topological polar surface area (TPSA) is 21.3 Å². The predicted molar refractivity (Wildman–Crippen MR) is 72.9 cm³/mol. The van der Waals surface area contributed by atoms with Crippen molar-refractivity contribution in [3.05, 3.63) is 35.2 Å². The van der Waals surface area contributed by atoms with Crippen LogP contribution >= 0.6 is 11.3 Å². The molecule has 1 N–H and O–H groups in total. The monoisotopic (exact) mass is 247 g/mol. The Labute approximate surface area is 106 Å². The summed E-state index contributed by atoms with van der Waals surface area (Å²) in [6, 6.07) is 8.68. The smallest absolute Gasteiger partial charge is 0.0586 e. The first-order valence-electron chi connectivity index (χ1n) is 6.05. The summed E-state index contributed by atoms with van der Waals surface area (Å²) < 4.78 is 6.87. The van der Waals surface area contributed by atoms with Crippen LogP contribution < -0.4 is 5.32 Å². The van der Waals surface area contributed by atoms with Crippen LogP contribution in [0.1, 0.15) is 12.0 Å². The van der Waals surface area contributed by atoms with Crippen molar-refractivity contribution in [2.45, 2.75) is 11.8 Å². The molecule has 1 aliphatic rings. The van der Waals surface area contributed by atoms with Crippen molar-refractivity contribution < 1.29 is 4.74 Å². The fourth-order valence-corrected chi connectivity index (χ4v) is 3.62. The molecule has 1 saturated heterocycles. The van der Waals surface area contributed by atoms with Crippen molar-refractivity contribution >= 4 is 21.4 Å². The van der Waals surface area contributed by atoms with Crippen molar-refractivity contribution in [3.63, 3.8) is 0 Å². The van der Waals surface area contributed by atoms with Gasteiger partial charge in [0, 0.05) is 10.1 Å². The zero-order chi connectivity index (χ0) is 11.7. The fraction of sp³-hybridized carbons (Fsp3) is 0.429. The molecule has 0 atom stereocenters.